The number of likely N-dealkylation sites (tertiary alicyclic amines) is 1. The van der Waals surface area contributed by atoms with Gasteiger partial charge in [0, 0.05) is 63.8 Å². The molecule has 2 heterocycles. The molecule has 0 radical (unpaired) electrons. The van der Waals surface area contributed by atoms with Crippen molar-refractivity contribution in [2.75, 3.05) is 46.3 Å². The van der Waals surface area contributed by atoms with E-state index >= 15 is 0 Å². The van der Waals surface area contributed by atoms with Crippen molar-refractivity contribution in [3.05, 3.63) is 29.8 Å². The Bertz CT molecular complexity index is 1050. The molecular weight excluding hydrogens is 517 g/mol. The van der Waals surface area contributed by atoms with Crippen molar-refractivity contribution in [1.82, 2.24) is 19.0 Å². The Kier molecular flexibility index (Phi) is 9.43. The van der Waals surface area contributed by atoms with Gasteiger partial charge >= 0.3 is 6.18 Å². The number of alkyl halides is 3. The lowest BCUT2D eigenvalue weighted by atomic mass is 10.0. The Balaban J connectivity index is 1.39. The zero-order valence-corrected chi connectivity index (χ0v) is 23.3. The first-order valence-electron chi connectivity index (χ1n) is 13.9. The number of benzene rings is 1. The number of sulfonamides is 1. The predicted octanol–water partition coefficient (Wildman–Crippen LogP) is 3.74. The molecule has 1 saturated carbocycles. The van der Waals surface area contributed by atoms with Gasteiger partial charge in [0.1, 0.15) is 0 Å². The number of piperidine rings is 1. The van der Waals surface area contributed by atoms with E-state index in [4.69, 9.17) is 0 Å². The molecular formula is C27H41F3N4O3S. The summed E-state index contributed by atoms with van der Waals surface area (Å²) in [5, 5.41) is 0. The number of hydrogen-bond acceptors (Lipinski definition) is 5. The molecule has 11 heteroatoms. The quantitative estimate of drug-likeness (QED) is 0.438. The Hall–Kier alpha value is -1.69. The van der Waals surface area contributed by atoms with E-state index in [0.29, 0.717) is 32.4 Å². The fourth-order valence-corrected chi connectivity index (χ4v) is 7.82. The molecule has 1 aromatic rings. The molecule has 0 spiro atoms. The average Bonchev–Trinajstić information content (AvgIpc) is 3.69. The van der Waals surface area contributed by atoms with E-state index in [2.05, 4.69) is 23.8 Å². The largest absolute Gasteiger partial charge is 0.393 e. The molecule has 0 bridgehead atoms. The summed E-state index contributed by atoms with van der Waals surface area (Å²) >= 11 is 0. The molecule has 1 aromatic carbocycles. The van der Waals surface area contributed by atoms with E-state index in [1.807, 2.05) is 4.90 Å². The van der Waals surface area contributed by atoms with Gasteiger partial charge in [0.25, 0.3) is 0 Å². The highest BCUT2D eigenvalue weighted by Crippen LogP contribution is 2.37. The molecule has 1 unspecified atom stereocenters. The van der Waals surface area contributed by atoms with E-state index < -0.39 is 22.6 Å². The van der Waals surface area contributed by atoms with Gasteiger partial charge in [-0.15, -0.1) is 0 Å². The molecule has 7 nitrogen and oxygen atoms in total. The first-order valence-corrected chi connectivity index (χ1v) is 15.3. The minimum atomic E-state index is -4.40. The molecule has 1 atom stereocenters. The highest BCUT2D eigenvalue weighted by Gasteiger charge is 2.44. The number of halogens is 3. The van der Waals surface area contributed by atoms with Crippen LogP contribution in [0.15, 0.2) is 29.2 Å². The van der Waals surface area contributed by atoms with Crippen LogP contribution >= 0.6 is 0 Å². The van der Waals surface area contributed by atoms with Gasteiger partial charge in [0.2, 0.25) is 15.9 Å². The van der Waals surface area contributed by atoms with Crippen LogP contribution in [0.4, 0.5) is 13.2 Å². The van der Waals surface area contributed by atoms with E-state index in [1.165, 1.54) is 22.5 Å². The van der Waals surface area contributed by atoms with Crippen LogP contribution in [0.1, 0.15) is 57.4 Å². The number of rotatable bonds is 10. The molecule has 214 valence electrons. The standard InChI is InChI=1S/C27H41F3N4O3S/c1-3-5-24(32-16-14-31(2)15-17-32)19-26(35)33-12-10-23(11-13-33)34(22-8-9-22)38(36,37)25-7-4-6-21(18-25)20-27(28,29)30/h4,6-7,18,22-24H,3,5,8-17,19-20H2,1-2H3. The topological polar surface area (TPSA) is 64.2 Å². The van der Waals surface area contributed by atoms with E-state index in [1.54, 1.807) is 0 Å². The van der Waals surface area contributed by atoms with Crippen molar-refractivity contribution < 1.29 is 26.4 Å². The summed E-state index contributed by atoms with van der Waals surface area (Å²) in [4.78, 5) is 19.8. The van der Waals surface area contributed by atoms with E-state index in [-0.39, 0.29) is 34.5 Å². The molecule has 0 aromatic heterocycles. The predicted molar refractivity (Wildman–Crippen MR) is 140 cm³/mol. The zero-order valence-electron chi connectivity index (χ0n) is 22.5. The molecule has 2 aliphatic heterocycles. The lowest BCUT2D eigenvalue weighted by Crippen LogP contribution is -2.52. The van der Waals surface area contributed by atoms with Gasteiger partial charge < -0.3 is 9.80 Å². The van der Waals surface area contributed by atoms with Crippen molar-refractivity contribution in [2.45, 2.75) is 87.5 Å². The maximum atomic E-state index is 13.6. The second-order valence-corrected chi connectivity index (χ2v) is 12.9. The Morgan fingerprint density at radius 3 is 2.24 bits per heavy atom. The molecule has 0 N–H and O–H groups in total. The van der Waals surface area contributed by atoms with Crippen LogP contribution in [0, 0.1) is 0 Å². The summed E-state index contributed by atoms with van der Waals surface area (Å²) < 4.78 is 67.5. The molecule has 4 rings (SSSR count). The monoisotopic (exact) mass is 558 g/mol. The van der Waals surface area contributed by atoms with Crippen molar-refractivity contribution in [3.63, 3.8) is 0 Å². The molecule has 3 aliphatic rings. The Morgan fingerprint density at radius 2 is 1.66 bits per heavy atom. The van der Waals surface area contributed by atoms with Crippen LogP contribution in [-0.2, 0) is 21.2 Å². The number of piperazine rings is 1. The zero-order chi connectivity index (χ0) is 27.5. The summed E-state index contributed by atoms with van der Waals surface area (Å²) in [5.74, 6) is 0.126. The summed E-state index contributed by atoms with van der Waals surface area (Å²) in [5.41, 5.74) is -0.0586. The first kappa shape index (κ1) is 29.3. The van der Waals surface area contributed by atoms with Gasteiger partial charge in [0.15, 0.2) is 0 Å². The second kappa shape index (κ2) is 12.2. The summed E-state index contributed by atoms with van der Waals surface area (Å²) in [6, 6.07) is 5.08. The molecule has 1 amide bonds. The first-order chi connectivity index (χ1) is 18.0. The van der Waals surface area contributed by atoms with Crippen molar-refractivity contribution in [3.8, 4) is 0 Å². The number of likely N-dealkylation sites (N-methyl/N-ethyl adjacent to an activating group) is 1. The molecule has 3 fully saturated rings. The van der Waals surface area contributed by atoms with Crippen molar-refractivity contribution >= 4 is 15.9 Å². The maximum absolute atomic E-state index is 13.6. The third-order valence-corrected chi connectivity index (χ3v) is 10.0. The third kappa shape index (κ3) is 7.49. The summed E-state index contributed by atoms with van der Waals surface area (Å²) in [7, 11) is -1.83. The van der Waals surface area contributed by atoms with Crippen LogP contribution in [0.2, 0.25) is 0 Å². The van der Waals surface area contributed by atoms with Crippen LogP contribution in [0.25, 0.3) is 0 Å². The van der Waals surface area contributed by atoms with Crippen LogP contribution in [0.3, 0.4) is 0 Å². The highest BCUT2D eigenvalue weighted by molar-refractivity contribution is 7.89. The fourth-order valence-electron chi connectivity index (χ4n) is 5.82. The minimum absolute atomic E-state index is 0.0586. The molecule has 2 saturated heterocycles. The van der Waals surface area contributed by atoms with E-state index in [0.717, 1.165) is 57.9 Å². The fraction of sp³-hybridized carbons (Fsp3) is 0.741. The van der Waals surface area contributed by atoms with Crippen LogP contribution in [0.5, 0.6) is 0 Å². The van der Waals surface area contributed by atoms with Crippen molar-refractivity contribution in [2.24, 2.45) is 0 Å². The molecule has 1 aliphatic carbocycles. The number of amides is 1. The summed E-state index contributed by atoms with van der Waals surface area (Å²) in [6.07, 6.45) is -0.496. The minimum Gasteiger partial charge on any atom is -0.343 e. The lowest BCUT2D eigenvalue weighted by Gasteiger charge is -2.40. The molecule has 38 heavy (non-hydrogen) atoms. The lowest BCUT2D eigenvalue weighted by molar-refractivity contribution is -0.134. The maximum Gasteiger partial charge on any atom is 0.393 e. The van der Waals surface area contributed by atoms with Gasteiger partial charge in [0.05, 0.1) is 11.3 Å². The average molecular weight is 559 g/mol. The van der Waals surface area contributed by atoms with Gasteiger partial charge in [-0.25, -0.2) is 8.42 Å². The van der Waals surface area contributed by atoms with Gasteiger partial charge in [-0.3, -0.25) is 9.69 Å². The highest BCUT2D eigenvalue weighted by atomic mass is 32.2. The third-order valence-electron chi connectivity index (χ3n) is 8.05. The van der Waals surface area contributed by atoms with Crippen LogP contribution < -0.4 is 0 Å². The van der Waals surface area contributed by atoms with Crippen LogP contribution in [-0.4, -0.2) is 104 Å². The van der Waals surface area contributed by atoms with Gasteiger partial charge in [-0.05, 0) is 56.8 Å². The Morgan fingerprint density at radius 1 is 1.03 bits per heavy atom. The summed E-state index contributed by atoms with van der Waals surface area (Å²) in [6.45, 7) is 7.08. The smallest absolute Gasteiger partial charge is 0.343 e. The number of nitrogens with zero attached hydrogens (tertiary/aromatic N) is 4. The normalized spacial score (nSPS) is 21.7. The number of carbonyl (C=O) groups excluding carboxylic acids is 1. The second-order valence-electron chi connectivity index (χ2n) is 11.1. The van der Waals surface area contributed by atoms with E-state index in [9.17, 15) is 26.4 Å². The van der Waals surface area contributed by atoms with Gasteiger partial charge in [-0.1, -0.05) is 25.5 Å². The Labute approximate surface area is 225 Å². The van der Waals surface area contributed by atoms with Gasteiger partial charge in [-0.2, -0.15) is 17.5 Å². The van der Waals surface area contributed by atoms with Crippen molar-refractivity contribution in [1.29, 1.82) is 0 Å². The SMILES string of the molecule is CCCC(CC(=O)N1CCC(N(C2CC2)S(=O)(=O)c2cccc(CC(F)(F)F)c2)CC1)N1CCN(C)CC1. The number of carbonyl (C=O) groups is 1. The number of hydrogen-bond donors (Lipinski definition) is 0.